The third-order valence-corrected chi connectivity index (χ3v) is 4.44. The normalized spacial score (nSPS) is 18.0. The van der Waals surface area contributed by atoms with Crippen LogP contribution in [-0.4, -0.2) is 55.6 Å². The van der Waals surface area contributed by atoms with Gasteiger partial charge in [0.2, 0.25) is 0 Å². The largest absolute Gasteiger partial charge is 0.379 e. The second kappa shape index (κ2) is 7.71. The first kappa shape index (κ1) is 17.6. The van der Waals surface area contributed by atoms with Crippen LogP contribution in [0.25, 0.3) is 0 Å². The lowest BCUT2D eigenvalue weighted by Crippen LogP contribution is -2.52. The number of hydrogen-bond donors (Lipinski definition) is 1. The van der Waals surface area contributed by atoms with E-state index < -0.39 is 11.6 Å². The van der Waals surface area contributed by atoms with Gasteiger partial charge < -0.3 is 10.2 Å². The summed E-state index contributed by atoms with van der Waals surface area (Å²) in [5, 5.41) is 11.7. The Morgan fingerprint density at radius 1 is 1.17 bits per heavy atom. The molecule has 0 amide bonds. The maximum absolute atomic E-state index is 14.0. The number of likely N-dealkylation sites (N-methyl/N-ethyl adjacent to an activating group) is 1. The van der Waals surface area contributed by atoms with E-state index in [-0.39, 0.29) is 17.3 Å². The van der Waals surface area contributed by atoms with Crippen LogP contribution in [0, 0.1) is 28.9 Å². The van der Waals surface area contributed by atoms with E-state index in [1.807, 2.05) is 0 Å². The Bertz CT molecular complexity index is 551. The number of nitriles is 1. The summed E-state index contributed by atoms with van der Waals surface area (Å²) in [6.45, 7) is 8.64. The molecular formula is C17H24F2N4. The molecule has 1 aliphatic heterocycles. The fourth-order valence-electron chi connectivity index (χ4n) is 2.95. The van der Waals surface area contributed by atoms with E-state index >= 15 is 0 Å². The highest BCUT2D eigenvalue weighted by atomic mass is 19.1. The summed E-state index contributed by atoms with van der Waals surface area (Å²) < 4.78 is 27.9. The van der Waals surface area contributed by atoms with Crippen molar-refractivity contribution in [3.63, 3.8) is 0 Å². The van der Waals surface area contributed by atoms with Crippen LogP contribution in [0.15, 0.2) is 12.1 Å². The van der Waals surface area contributed by atoms with Crippen LogP contribution in [-0.2, 0) is 0 Å². The zero-order chi connectivity index (χ0) is 17.0. The van der Waals surface area contributed by atoms with Crippen molar-refractivity contribution in [2.45, 2.75) is 19.9 Å². The van der Waals surface area contributed by atoms with Gasteiger partial charge in [-0.3, -0.25) is 4.90 Å². The van der Waals surface area contributed by atoms with Gasteiger partial charge in [0.1, 0.15) is 5.69 Å². The van der Waals surface area contributed by atoms with Gasteiger partial charge in [-0.25, -0.2) is 8.78 Å². The van der Waals surface area contributed by atoms with Crippen LogP contribution in [0.4, 0.5) is 14.5 Å². The van der Waals surface area contributed by atoms with E-state index in [4.69, 9.17) is 5.26 Å². The summed E-state index contributed by atoms with van der Waals surface area (Å²) in [5.41, 5.74) is -0.159. The molecule has 2 rings (SSSR count). The van der Waals surface area contributed by atoms with Crippen molar-refractivity contribution in [1.82, 2.24) is 9.80 Å². The molecule has 0 saturated carbocycles. The second-order valence-corrected chi connectivity index (χ2v) is 6.46. The first-order valence-corrected chi connectivity index (χ1v) is 7.98. The van der Waals surface area contributed by atoms with Crippen LogP contribution >= 0.6 is 0 Å². The fraction of sp³-hybridized carbons (Fsp3) is 0.588. The molecule has 0 radical (unpaired) electrons. The Labute approximate surface area is 136 Å². The van der Waals surface area contributed by atoms with E-state index in [0.29, 0.717) is 12.5 Å². The molecule has 0 bridgehead atoms. The standard InChI is InChI=1S/C17H24F2N4/c1-12(2)16(23-6-4-22(3)5-7-23)11-21-17-14(18)8-13(10-20)9-15(17)19/h8-9,12,16,21H,4-7,11H2,1-3H3. The van der Waals surface area contributed by atoms with Crippen molar-refractivity contribution in [2.75, 3.05) is 45.1 Å². The highest BCUT2D eigenvalue weighted by molar-refractivity contribution is 5.50. The Hall–Kier alpha value is -1.71. The van der Waals surface area contributed by atoms with Crippen LogP contribution in [0.3, 0.4) is 0 Å². The van der Waals surface area contributed by atoms with E-state index in [1.54, 1.807) is 6.07 Å². The summed E-state index contributed by atoms with van der Waals surface area (Å²) in [7, 11) is 2.10. The predicted octanol–water partition coefficient (Wildman–Crippen LogP) is 2.52. The Morgan fingerprint density at radius 3 is 2.22 bits per heavy atom. The number of benzene rings is 1. The first-order chi connectivity index (χ1) is 10.9. The number of nitrogens with one attached hydrogen (secondary N) is 1. The Morgan fingerprint density at radius 2 is 1.74 bits per heavy atom. The lowest BCUT2D eigenvalue weighted by molar-refractivity contribution is 0.0943. The maximum atomic E-state index is 14.0. The molecule has 1 aromatic rings. The van der Waals surface area contributed by atoms with Gasteiger partial charge in [-0.05, 0) is 25.1 Å². The van der Waals surface area contributed by atoms with Gasteiger partial charge in [0, 0.05) is 38.8 Å². The van der Waals surface area contributed by atoms with Crippen LogP contribution in [0.5, 0.6) is 0 Å². The molecule has 1 unspecified atom stereocenters. The highest BCUT2D eigenvalue weighted by Crippen LogP contribution is 2.22. The quantitative estimate of drug-likeness (QED) is 0.904. The van der Waals surface area contributed by atoms with Gasteiger partial charge in [-0.1, -0.05) is 13.8 Å². The lowest BCUT2D eigenvalue weighted by Gasteiger charge is -2.40. The van der Waals surface area contributed by atoms with Crippen molar-refractivity contribution in [2.24, 2.45) is 5.92 Å². The van der Waals surface area contributed by atoms with E-state index in [9.17, 15) is 8.78 Å². The molecule has 0 aliphatic carbocycles. The minimum absolute atomic E-state index is 0.00923. The van der Waals surface area contributed by atoms with Crippen molar-refractivity contribution < 1.29 is 8.78 Å². The number of piperazine rings is 1. The molecule has 6 heteroatoms. The van der Waals surface area contributed by atoms with Crippen LogP contribution in [0.2, 0.25) is 0 Å². The monoisotopic (exact) mass is 322 g/mol. The van der Waals surface area contributed by atoms with Crippen molar-refractivity contribution >= 4 is 5.69 Å². The zero-order valence-corrected chi connectivity index (χ0v) is 13.9. The van der Waals surface area contributed by atoms with Crippen LogP contribution in [0.1, 0.15) is 19.4 Å². The summed E-state index contributed by atoms with van der Waals surface area (Å²) in [6.07, 6.45) is 0. The number of hydrogen-bond acceptors (Lipinski definition) is 4. The molecule has 1 saturated heterocycles. The zero-order valence-electron chi connectivity index (χ0n) is 13.9. The third kappa shape index (κ3) is 4.40. The van der Waals surface area contributed by atoms with E-state index in [1.165, 1.54) is 0 Å². The minimum Gasteiger partial charge on any atom is -0.379 e. The highest BCUT2D eigenvalue weighted by Gasteiger charge is 2.25. The number of anilines is 1. The molecule has 4 nitrogen and oxygen atoms in total. The summed E-state index contributed by atoms with van der Waals surface area (Å²) >= 11 is 0. The first-order valence-electron chi connectivity index (χ1n) is 7.98. The van der Waals surface area contributed by atoms with Crippen LogP contribution < -0.4 is 5.32 Å². The molecule has 23 heavy (non-hydrogen) atoms. The Kier molecular flexibility index (Phi) is 5.91. The van der Waals surface area contributed by atoms with Gasteiger partial charge in [-0.2, -0.15) is 5.26 Å². The van der Waals surface area contributed by atoms with Gasteiger partial charge in [0.15, 0.2) is 11.6 Å². The molecule has 0 aromatic heterocycles. The molecule has 1 aromatic carbocycles. The molecule has 126 valence electrons. The smallest absolute Gasteiger partial charge is 0.150 e. The summed E-state index contributed by atoms with van der Waals surface area (Å²) in [6, 6.07) is 4.08. The van der Waals surface area contributed by atoms with Crippen molar-refractivity contribution in [3.8, 4) is 6.07 Å². The van der Waals surface area contributed by atoms with Gasteiger partial charge in [-0.15, -0.1) is 0 Å². The average molecular weight is 322 g/mol. The minimum atomic E-state index is -0.720. The molecule has 1 atom stereocenters. The van der Waals surface area contributed by atoms with Gasteiger partial charge in [0.25, 0.3) is 0 Å². The number of nitrogens with zero attached hydrogens (tertiary/aromatic N) is 3. The van der Waals surface area contributed by atoms with Crippen molar-refractivity contribution in [1.29, 1.82) is 5.26 Å². The molecule has 1 heterocycles. The molecule has 1 aliphatic rings. The second-order valence-electron chi connectivity index (χ2n) is 6.46. The third-order valence-electron chi connectivity index (χ3n) is 4.44. The molecular weight excluding hydrogens is 298 g/mol. The maximum Gasteiger partial charge on any atom is 0.150 e. The SMILES string of the molecule is CC(C)C(CNc1c(F)cc(C#N)cc1F)N1CCN(C)CC1. The Balaban J connectivity index is 2.06. The summed E-state index contributed by atoms with van der Waals surface area (Å²) in [5.74, 6) is -1.07. The fourth-order valence-corrected chi connectivity index (χ4v) is 2.95. The average Bonchev–Trinajstić information content (AvgIpc) is 2.50. The predicted molar refractivity (Wildman–Crippen MR) is 87.3 cm³/mol. The topological polar surface area (TPSA) is 42.3 Å². The van der Waals surface area contributed by atoms with Gasteiger partial charge >= 0.3 is 0 Å². The molecule has 1 fully saturated rings. The number of halogens is 2. The van der Waals surface area contributed by atoms with Crippen molar-refractivity contribution in [3.05, 3.63) is 29.3 Å². The van der Waals surface area contributed by atoms with Gasteiger partial charge in [0.05, 0.1) is 11.6 Å². The van der Waals surface area contributed by atoms with E-state index in [0.717, 1.165) is 38.3 Å². The molecule has 0 spiro atoms. The van der Waals surface area contributed by atoms with E-state index in [2.05, 4.69) is 36.0 Å². The lowest BCUT2D eigenvalue weighted by atomic mass is 10.0. The molecule has 1 N–H and O–H groups in total. The summed E-state index contributed by atoms with van der Waals surface area (Å²) in [4.78, 5) is 4.65. The number of rotatable bonds is 5.